The summed E-state index contributed by atoms with van der Waals surface area (Å²) in [4.78, 5) is 30.8. The second-order valence-corrected chi connectivity index (χ2v) is 6.42. The van der Waals surface area contributed by atoms with Gasteiger partial charge in [-0.25, -0.2) is 4.79 Å². The van der Waals surface area contributed by atoms with Crippen LogP contribution in [-0.2, 0) is 11.3 Å². The minimum absolute atomic E-state index is 0.0612. The number of urea groups is 1. The molecule has 2 heterocycles. The number of methoxy groups -OCH3 is 1. The van der Waals surface area contributed by atoms with Gasteiger partial charge in [0.1, 0.15) is 11.3 Å². The topological polar surface area (TPSA) is 53.1 Å². The quantitative estimate of drug-likeness (QED) is 0.794. The van der Waals surface area contributed by atoms with Crippen LogP contribution in [0.4, 0.5) is 4.79 Å². The fraction of sp³-hybridized carbons (Fsp3) is 0.529. The molecule has 1 spiro atoms. The summed E-state index contributed by atoms with van der Waals surface area (Å²) < 4.78 is 5.14. The van der Waals surface area contributed by atoms with Crippen LogP contribution in [0.2, 0.25) is 0 Å². The maximum atomic E-state index is 13.0. The Hall–Kier alpha value is -2.08. The molecule has 0 aliphatic carbocycles. The number of likely N-dealkylation sites (N-methyl/N-ethyl adjacent to an activating group) is 1. The van der Waals surface area contributed by atoms with Crippen molar-refractivity contribution in [3.8, 4) is 5.75 Å². The van der Waals surface area contributed by atoms with Gasteiger partial charge in [0.25, 0.3) is 5.91 Å². The Bertz CT molecular complexity index is 606. The Morgan fingerprint density at radius 1 is 1.09 bits per heavy atom. The molecule has 0 unspecified atom stereocenters. The molecule has 2 aliphatic heterocycles. The third-order valence-electron chi connectivity index (χ3n) is 5.12. The third-order valence-corrected chi connectivity index (χ3v) is 5.12. The zero-order valence-electron chi connectivity index (χ0n) is 13.9. The minimum Gasteiger partial charge on any atom is -0.497 e. The Kier molecular flexibility index (Phi) is 4.02. The van der Waals surface area contributed by atoms with Crippen LogP contribution in [0.3, 0.4) is 0 Å². The van der Waals surface area contributed by atoms with E-state index in [1.807, 2.05) is 31.3 Å². The van der Waals surface area contributed by atoms with E-state index in [1.165, 1.54) is 4.90 Å². The van der Waals surface area contributed by atoms with Gasteiger partial charge in [0, 0.05) is 20.1 Å². The predicted octanol–water partition coefficient (Wildman–Crippen LogP) is 1.55. The molecule has 2 fully saturated rings. The van der Waals surface area contributed by atoms with Gasteiger partial charge in [0.15, 0.2) is 0 Å². The van der Waals surface area contributed by atoms with Crippen molar-refractivity contribution in [1.82, 2.24) is 14.7 Å². The van der Waals surface area contributed by atoms with E-state index in [9.17, 15) is 9.59 Å². The van der Waals surface area contributed by atoms with E-state index in [1.54, 1.807) is 19.1 Å². The summed E-state index contributed by atoms with van der Waals surface area (Å²) in [5.41, 5.74) is 0.265. The highest BCUT2D eigenvalue weighted by molar-refractivity contribution is 6.06. The van der Waals surface area contributed by atoms with Crippen LogP contribution in [0.15, 0.2) is 24.3 Å². The number of imide groups is 1. The summed E-state index contributed by atoms with van der Waals surface area (Å²) >= 11 is 0. The first-order valence-electron chi connectivity index (χ1n) is 7.89. The Labute approximate surface area is 136 Å². The number of ether oxygens (including phenoxy) is 1. The van der Waals surface area contributed by atoms with Crippen LogP contribution >= 0.6 is 0 Å². The molecule has 124 valence electrons. The first-order chi connectivity index (χ1) is 11.0. The summed E-state index contributed by atoms with van der Waals surface area (Å²) in [5, 5.41) is 0. The molecular formula is C17H23N3O3. The van der Waals surface area contributed by atoms with Crippen LogP contribution in [0.25, 0.3) is 0 Å². The average Bonchev–Trinajstić information content (AvgIpc) is 2.74. The number of carbonyl (C=O) groups excluding carboxylic acids is 2. The summed E-state index contributed by atoms with van der Waals surface area (Å²) in [5.74, 6) is 0.700. The minimum atomic E-state index is -0.657. The van der Waals surface area contributed by atoms with Crippen LogP contribution in [0.5, 0.6) is 5.75 Å². The molecule has 0 atom stereocenters. The monoisotopic (exact) mass is 317 g/mol. The molecular weight excluding hydrogens is 294 g/mol. The van der Waals surface area contributed by atoms with Gasteiger partial charge in [-0.1, -0.05) is 12.1 Å². The number of hydrogen-bond donors (Lipinski definition) is 0. The SMILES string of the molecule is COc1ccc(CN2C(=O)N(C)C3(CCN(C)CC3)C2=O)cc1. The van der Waals surface area contributed by atoms with Crippen molar-refractivity contribution >= 4 is 11.9 Å². The second-order valence-electron chi connectivity index (χ2n) is 6.42. The Balaban J connectivity index is 1.80. The third kappa shape index (κ3) is 2.57. The molecule has 0 bridgehead atoms. The van der Waals surface area contributed by atoms with Crippen LogP contribution in [0, 0.1) is 0 Å². The number of likely N-dealkylation sites (tertiary alicyclic amines) is 1. The maximum Gasteiger partial charge on any atom is 0.327 e. The van der Waals surface area contributed by atoms with Crippen molar-refractivity contribution in [2.75, 3.05) is 34.3 Å². The first-order valence-corrected chi connectivity index (χ1v) is 7.89. The van der Waals surface area contributed by atoms with E-state index in [-0.39, 0.29) is 11.9 Å². The average molecular weight is 317 g/mol. The van der Waals surface area contributed by atoms with Crippen molar-refractivity contribution in [2.45, 2.75) is 24.9 Å². The molecule has 23 heavy (non-hydrogen) atoms. The van der Waals surface area contributed by atoms with Gasteiger partial charge in [-0.2, -0.15) is 0 Å². The van der Waals surface area contributed by atoms with Gasteiger partial charge in [-0.15, -0.1) is 0 Å². The fourth-order valence-corrected chi connectivity index (χ4v) is 3.44. The lowest BCUT2D eigenvalue weighted by molar-refractivity contribution is -0.135. The summed E-state index contributed by atoms with van der Waals surface area (Å²) in [7, 11) is 5.41. The summed E-state index contributed by atoms with van der Waals surface area (Å²) in [6, 6.07) is 7.26. The first kappa shape index (κ1) is 15.8. The van der Waals surface area contributed by atoms with E-state index in [0.29, 0.717) is 19.4 Å². The predicted molar refractivity (Wildman–Crippen MR) is 86.2 cm³/mol. The highest BCUT2D eigenvalue weighted by atomic mass is 16.5. The van der Waals surface area contributed by atoms with Gasteiger partial charge in [-0.3, -0.25) is 9.69 Å². The second kappa shape index (κ2) is 5.85. The lowest BCUT2D eigenvalue weighted by atomic mass is 9.86. The van der Waals surface area contributed by atoms with Gasteiger partial charge in [0.05, 0.1) is 13.7 Å². The van der Waals surface area contributed by atoms with Gasteiger partial charge in [0.2, 0.25) is 0 Å². The molecule has 0 N–H and O–H groups in total. The highest BCUT2D eigenvalue weighted by Gasteiger charge is 2.56. The lowest BCUT2D eigenvalue weighted by Crippen LogP contribution is -2.54. The number of amides is 3. The fourth-order valence-electron chi connectivity index (χ4n) is 3.44. The Morgan fingerprint density at radius 2 is 1.70 bits per heavy atom. The smallest absolute Gasteiger partial charge is 0.327 e. The molecule has 0 aromatic heterocycles. The van der Waals surface area contributed by atoms with Crippen molar-refractivity contribution in [3.63, 3.8) is 0 Å². The van der Waals surface area contributed by atoms with E-state index in [2.05, 4.69) is 4.90 Å². The van der Waals surface area contributed by atoms with E-state index < -0.39 is 5.54 Å². The van der Waals surface area contributed by atoms with Gasteiger partial charge >= 0.3 is 6.03 Å². The molecule has 0 radical (unpaired) electrons. The number of carbonyl (C=O) groups is 2. The number of rotatable bonds is 3. The zero-order chi connectivity index (χ0) is 16.6. The molecule has 1 aromatic rings. The normalized spacial score (nSPS) is 21.3. The molecule has 3 amide bonds. The number of piperidine rings is 1. The van der Waals surface area contributed by atoms with E-state index in [0.717, 1.165) is 24.4 Å². The standard InChI is InChI=1S/C17H23N3O3/c1-18-10-8-17(9-11-18)15(21)20(16(22)19(17)2)12-13-4-6-14(23-3)7-5-13/h4-7H,8-12H2,1-3H3. The molecule has 2 saturated heterocycles. The van der Waals surface area contributed by atoms with Crippen molar-refractivity contribution in [3.05, 3.63) is 29.8 Å². The van der Waals surface area contributed by atoms with Crippen LogP contribution in [-0.4, -0.2) is 66.5 Å². The van der Waals surface area contributed by atoms with Gasteiger partial charge < -0.3 is 14.5 Å². The molecule has 6 nitrogen and oxygen atoms in total. The Morgan fingerprint density at radius 3 is 2.26 bits per heavy atom. The van der Waals surface area contributed by atoms with Crippen molar-refractivity contribution < 1.29 is 14.3 Å². The molecule has 0 saturated carbocycles. The molecule has 2 aliphatic rings. The van der Waals surface area contributed by atoms with Crippen LogP contribution in [0.1, 0.15) is 18.4 Å². The lowest BCUT2D eigenvalue weighted by Gasteiger charge is -2.39. The summed E-state index contributed by atoms with van der Waals surface area (Å²) in [6.07, 6.45) is 1.40. The number of nitrogens with zero attached hydrogens (tertiary/aromatic N) is 3. The number of hydrogen-bond acceptors (Lipinski definition) is 4. The highest BCUT2D eigenvalue weighted by Crippen LogP contribution is 2.36. The summed E-state index contributed by atoms with van der Waals surface area (Å²) in [6.45, 7) is 1.98. The maximum absolute atomic E-state index is 13.0. The van der Waals surface area contributed by atoms with E-state index >= 15 is 0 Å². The van der Waals surface area contributed by atoms with E-state index in [4.69, 9.17) is 4.74 Å². The largest absolute Gasteiger partial charge is 0.497 e. The zero-order valence-corrected chi connectivity index (χ0v) is 13.9. The van der Waals surface area contributed by atoms with Crippen molar-refractivity contribution in [2.24, 2.45) is 0 Å². The molecule has 6 heteroatoms. The van der Waals surface area contributed by atoms with Crippen LogP contribution < -0.4 is 4.74 Å². The van der Waals surface area contributed by atoms with Gasteiger partial charge in [-0.05, 0) is 37.6 Å². The molecule has 1 aromatic carbocycles. The molecule has 3 rings (SSSR count). The number of benzene rings is 1. The van der Waals surface area contributed by atoms with Crippen molar-refractivity contribution in [1.29, 1.82) is 0 Å².